The standard InChI is InChI=1S/C26H29ClFN5O2.C25H27FN4O3S.C22H22FN5O2.C22H21FN4O3/c1-35-19-8-5-15(6-9-19)23-14-31-25(30)24(32-23)17-7-10-20(21(28)12-17)26(34)33-22(13-29)16-3-2-4-18(27)11-16;1-34(32,33)19-10-7-17(8-11-19)22-15-28-24(27)23(30-22)18-9-12-20(21(26)13-18)25(31)29-14-16-5-3-2-4-6-16;1-25-19(29)10-8-16-13-26-21(24)20(28-16)15-7-9-17(18(23)11-15)22(30)27-12-14-5-3-2-4-6-14;1-30-19(28)10-8-16-13-25-21(24)20(27-16)15-7-9-17(18(23)11-15)22(29)26-12-14-5-3-2-4-6-14/h2-4,7,10-12,14-15,19,22H,5-6,8-9,13,29H2,1H3,(H2,30,31)(H,33,34);2-6,9,12-13,15,17,19H,7-8,10-11,14H2,1H3,(H2,27,28)(H,29,31);2-7,9,11,13H,8,10,12H2,1H3,(H2,24,26)(H,25,29)(H,27,30);2-7,9,11,13H,8,10,12H2,1H3,(H2,24,25)(H,26,29)/t15?,19?,22-;;;/m1.../s1. The van der Waals surface area contributed by atoms with Gasteiger partial charge >= 0.3 is 5.97 Å². The summed E-state index contributed by atoms with van der Waals surface area (Å²) >= 11 is 6.05. The summed E-state index contributed by atoms with van der Waals surface area (Å²) in [6, 6.07) is 51.5. The summed E-state index contributed by atoms with van der Waals surface area (Å²) in [5.74, 6) is -4.40. The van der Waals surface area contributed by atoms with Crippen molar-refractivity contribution in [2.24, 2.45) is 5.73 Å². The van der Waals surface area contributed by atoms with E-state index >= 15 is 4.39 Å². The molecule has 2 aliphatic rings. The third-order valence-corrected chi connectivity index (χ3v) is 23.7. The molecule has 15 N–H and O–H groups in total. The number of esters is 1. The summed E-state index contributed by atoms with van der Waals surface area (Å²) in [6.07, 6.45) is 15.2. The highest BCUT2D eigenvalue weighted by Gasteiger charge is 2.31. The van der Waals surface area contributed by atoms with Crippen LogP contribution in [0.3, 0.4) is 0 Å². The van der Waals surface area contributed by atoms with E-state index < -0.39 is 62.8 Å². The van der Waals surface area contributed by atoms with Gasteiger partial charge in [0, 0.05) is 98.5 Å². The van der Waals surface area contributed by atoms with Crippen molar-refractivity contribution in [3.8, 4) is 45.0 Å². The van der Waals surface area contributed by atoms with Crippen molar-refractivity contribution in [3.63, 3.8) is 0 Å². The number of aromatic nitrogens is 8. The second kappa shape index (κ2) is 45.9. The highest BCUT2D eigenvalue weighted by molar-refractivity contribution is 7.91. The van der Waals surface area contributed by atoms with Gasteiger partial charge in [-0.1, -0.05) is 139 Å². The maximum atomic E-state index is 15.1. The molecule has 12 aromatic rings. The summed E-state index contributed by atoms with van der Waals surface area (Å²) in [4.78, 5) is 108. The van der Waals surface area contributed by atoms with Crippen LogP contribution >= 0.6 is 11.6 Å². The third-order valence-electron chi connectivity index (χ3n) is 21.8. The number of hydrogen-bond donors (Lipinski definition) is 10. The Morgan fingerprint density at radius 3 is 1.17 bits per heavy atom. The molecule has 2 fully saturated rings. The van der Waals surface area contributed by atoms with Crippen LogP contribution in [0.25, 0.3) is 45.0 Å². The second-order valence-electron chi connectivity index (χ2n) is 30.6. The number of carbonyl (C=O) groups is 6. The van der Waals surface area contributed by atoms with Gasteiger partial charge in [-0.2, -0.15) is 0 Å². The van der Waals surface area contributed by atoms with E-state index in [1.807, 2.05) is 91.0 Å². The normalized spacial score (nSPS) is 14.8. The van der Waals surface area contributed by atoms with Gasteiger partial charge in [-0.25, -0.2) is 65.9 Å². The molecule has 129 heavy (non-hydrogen) atoms. The monoisotopic (exact) mass is 1790 g/mol. The fourth-order valence-electron chi connectivity index (χ4n) is 14.5. The number of anilines is 4. The summed E-state index contributed by atoms with van der Waals surface area (Å²) in [6.45, 7) is 1.02. The molecule has 0 bridgehead atoms. The van der Waals surface area contributed by atoms with Gasteiger partial charge in [-0.05, 0) is 141 Å². The molecule has 0 unspecified atom stereocenters. The number of aryl methyl sites for hydroxylation is 2. The molecular formula is C95H99ClF4N18O10S. The van der Waals surface area contributed by atoms with Gasteiger partial charge < -0.3 is 64.7 Å². The van der Waals surface area contributed by atoms with Crippen molar-refractivity contribution in [1.29, 1.82) is 0 Å². The lowest BCUT2D eigenvalue weighted by Crippen LogP contribution is -2.33. The number of carbonyl (C=O) groups excluding carboxylic acids is 6. The van der Waals surface area contributed by atoms with Crippen LogP contribution in [0.2, 0.25) is 5.02 Å². The maximum Gasteiger partial charge on any atom is 0.305 e. The van der Waals surface area contributed by atoms with Crippen LogP contribution in [-0.4, -0.2) is 129 Å². The van der Waals surface area contributed by atoms with Crippen molar-refractivity contribution in [1.82, 2.24) is 66.5 Å². The van der Waals surface area contributed by atoms with Gasteiger partial charge in [0.15, 0.2) is 0 Å². The number of halogens is 5. The molecule has 2 saturated carbocycles. The van der Waals surface area contributed by atoms with Crippen molar-refractivity contribution >= 4 is 80.2 Å². The summed E-state index contributed by atoms with van der Waals surface area (Å²) in [7, 11) is 1.54. The topological polar surface area (TPSA) is 448 Å². The zero-order valence-electron chi connectivity index (χ0n) is 71.3. The zero-order chi connectivity index (χ0) is 92.3. The first-order valence-electron chi connectivity index (χ1n) is 41.5. The maximum absolute atomic E-state index is 15.1. The molecular weight excluding hydrogens is 1700 g/mol. The fourth-order valence-corrected chi connectivity index (χ4v) is 15.8. The van der Waals surface area contributed by atoms with Crippen LogP contribution < -0.4 is 55.3 Å². The highest BCUT2D eigenvalue weighted by Crippen LogP contribution is 2.38. The Balaban J connectivity index is 0.000000167. The fraction of sp³-hybridized carbons (Fsp3) is 0.263. The van der Waals surface area contributed by atoms with E-state index in [9.17, 15) is 50.4 Å². The molecule has 0 radical (unpaired) electrons. The van der Waals surface area contributed by atoms with Gasteiger partial charge in [-0.15, -0.1) is 0 Å². The van der Waals surface area contributed by atoms with E-state index in [0.29, 0.717) is 120 Å². The van der Waals surface area contributed by atoms with Gasteiger partial charge in [-0.3, -0.25) is 28.8 Å². The Labute approximate surface area is 748 Å². The molecule has 0 saturated heterocycles. The molecule has 14 rings (SSSR count). The predicted molar refractivity (Wildman–Crippen MR) is 485 cm³/mol. The molecule has 1 atom stereocenters. The molecule has 0 spiro atoms. The number of amides is 5. The number of nitrogens with one attached hydrogen (secondary N) is 5. The van der Waals surface area contributed by atoms with E-state index in [1.165, 1.54) is 74.3 Å². The number of methoxy groups -OCH3 is 2. The lowest BCUT2D eigenvalue weighted by Gasteiger charge is -2.27. The number of nitrogens with two attached hydrogens (primary N) is 5. The molecule has 0 aliphatic heterocycles. The van der Waals surface area contributed by atoms with Gasteiger partial charge in [0.25, 0.3) is 23.6 Å². The Kier molecular flexibility index (Phi) is 34.0. The van der Waals surface area contributed by atoms with Crippen LogP contribution in [0.15, 0.2) is 213 Å². The van der Waals surface area contributed by atoms with Crippen molar-refractivity contribution in [2.45, 2.75) is 126 Å². The number of nitrogens with zero attached hydrogens (tertiary/aromatic N) is 8. The van der Waals surface area contributed by atoms with Crippen molar-refractivity contribution < 1.29 is 64.2 Å². The largest absolute Gasteiger partial charge is 0.469 e. The third kappa shape index (κ3) is 26.8. The Morgan fingerprint density at radius 2 is 0.822 bits per heavy atom. The summed E-state index contributed by atoms with van der Waals surface area (Å²) < 4.78 is 92.9. The van der Waals surface area contributed by atoms with Gasteiger partial charge in [0.1, 0.15) is 79.2 Å². The van der Waals surface area contributed by atoms with E-state index in [1.54, 1.807) is 75.1 Å². The van der Waals surface area contributed by atoms with Crippen LogP contribution in [0.5, 0.6) is 0 Å². The lowest BCUT2D eigenvalue weighted by atomic mass is 9.85. The average molecular weight is 1800 g/mol. The number of hydrogen-bond acceptors (Lipinski definition) is 23. The number of sulfone groups is 1. The highest BCUT2D eigenvalue weighted by atomic mass is 35.5. The van der Waals surface area contributed by atoms with Crippen LogP contribution in [0.4, 0.5) is 40.8 Å². The second-order valence-corrected chi connectivity index (χ2v) is 33.4. The molecule has 670 valence electrons. The number of ether oxygens (including phenoxy) is 2. The Morgan fingerprint density at radius 1 is 0.457 bits per heavy atom. The molecule has 4 heterocycles. The minimum atomic E-state index is -3.06. The summed E-state index contributed by atoms with van der Waals surface area (Å²) in [5.41, 5.74) is 38.6. The predicted octanol–water partition coefficient (Wildman–Crippen LogP) is 13.9. The SMILES string of the molecule is CNC(=O)CCc1cnc(N)c(-c2ccc(C(=O)NCc3ccccc3)c(F)c2)n1.COC(=O)CCc1cnc(N)c(-c2ccc(C(=O)NCc3ccccc3)c(F)c2)n1.COC1CCC(c2cnc(N)c(-c3ccc(C(=O)N[C@H](CN)c4cccc(Cl)c4)c(F)c3)n2)CC1.CS(=O)(=O)C1CCC(c2cnc(N)c(-c3ccc(C(=O)NCc4ccccc4)c(F)c3)n2)CC1. The minimum absolute atomic E-state index is 0.0673. The molecule has 5 amide bonds. The van der Waals surface area contributed by atoms with Crippen molar-refractivity contribution in [2.75, 3.05) is 57.0 Å². The van der Waals surface area contributed by atoms with Crippen LogP contribution in [0.1, 0.15) is 169 Å². The smallest absolute Gasteiger partial charge is 0.305 e. The zero-order valence-corrected chi connectivity index (χ0v) is 72.8. The first kappa shape index (κ1) is 95.6. The Bertz CT molecular complexity index is 5900. The Hall–Kier alpha value is -14.0. The van der Waals surface area contributed by atoms with Crippen LogP contribution in [-0.2, 0) is 61.4 Å². The molecule has 28 nitrogen and oxygen atoms in total. The first-order chi connectivity index (χ1) is 62.1. The molecule has 2 aliphatic carbocycles. The van der Waals surface area contributed by atoms with Crippen molar-refractivity contribution in [3.05, 3.63) is 308 Å². The summed E-state index contributed by atoms with van der Waals surface area (Å²) in [5, 5.41) is 13.6. The number of rotatable bonds is 27. The lowest BCUT2D eigenvalue weighted by molar-refractivity contribution is -0.140. The van der Waals surface area contributed by atoms with Gasteiger partial charge in [0.05, 0.1) is 101 Å². The number of nitrogen functional groups attached to an aromatic ring is 4. The van der Waals surface area contributed by atoms with Crippen LogP contribution in [0, 0.1) is 23.3 Å². The van der Waals surface area contributed by atoms with E-state index in [4.69, 9.17) is 50.0 Å². The minimum Gasteiger partial charge on any atom is -0.469 e. The average Bonchev–Trinajstić information content (AvgIpc) is 0.793. The molecule has 34 heteroatoms. The number of benzene rings is 8. The molecule has 4 aromatic heterocycles. The van der Waals surface area contributed by atoms with E-state index in [0.717, 1.165) is 53.6 Å². The van der Waals surface area contributed by atoms with E-state index in [2.05, 4.69) is 66.2 Å². The first-order valence-corrected chi connectivity index (χ1v) is 43.8. The van der Waals surface area contributed by atoms with Gasteiger partial charge in [0.2, 0.25) is 5.91 Å². The van der Waals surface area contributed by atoms with E-state index in [-0.39, 0.29) is 106 Å². The molecule has 8 aromatic carbocycles. The quantitative estimate of drug-likeness (QED) is 0.0169.